The van der Waals surface area contributed by atoms with Crippen molar-refractivity contribution in [2.45, 2.75) is 31.2 Å². The molecule has 1 aromatic rings. The van der Waals surface area contributed by atoms with E-state index >= 15 is 0 Å². The van der Waals surface area contributed by atoms with E-state index in [-0.39, 0.29) is 12.0 Å². The number of hydrogen-bond acceptors (Lipinski definition) is 4. The Labute approximate surface area is 136 Å². The zero-order chi connectivity index (χ0) is 16.7. The van der Waals surface area contributed by atoms with Gasteiger partial charge in [-0.1, -0.05) is 30.3 Å². The van der Waals surface area contributed by atoms with Gasteiger partial charge in [0.2, 0.25) is 0 Å². The van der Waals surface area contributed by atoms with Crippen LogP contribution in [0.3, 0.4) is 0 Å². The Balaban J connectivity index is 2.03. The zero-order valence-electron chi connectivity index (χ0n) is 13.6. The van der Waals surface area contributed by atoms with Crippen molar-refractivity contribution in [3.05, 3.63) is 35.9 Å². The molecule has 0 aliphatic heterocycles. The Hall–Kier alpha value is -2.24. The molecule has 0 saturated heterocycles. The molecular formula is C17H24N2O4. The number of benzene rings is 1. The average molecular weight is 320 g/mol. The number of nitrogens with one attached hydrogen (secondary N) is 2. The van der Waals surface area contributed by atoms with Gasteiger partial charge in [-0.25, -0.2) is 9.59 Å². The minimum absolute atomic E-state index is 0.0332. The Morgan fingerprint density at radius 2 is 1.74 bits per heavy atom. The molecule has 3 atom stereocenters. The molecule has 0 heterocycles. The number of amides is 2. The fourth-order valence-electron chi connectivity index (χ4n) is 3.24. The van der Waals surface area contributed by atoms with E-state index in [9.17, 15) is 9.59 Å². The van der Waals surface area contributed by atoms with Gasteiger partial charge in [0.1, 0.15) is 0 Å². The van der Waals surface area contributed by atoms with E-state index in [2.05, 4.69) is 27.5 Å². The van der Waals surface area contributed by atoms with Gasteiger partial charge in [0.25, 0.3) is 0 Å². The lowest BCUT2D eigenvalue weighted by molar-refractivity contribution is 0.152. The van der Waals surface area contributed by atoms with Crippen LogP contribution in [0.15, 0.2) is 30.3 Å². The number of methoxy groups -OCH3 is 2. The Kier molecular flexibility index (Phi) is 6.26. The van der Waals surface area contributed by atoms with Crippen LogP contribution >= 0.6 is 0 Å². The number of alkyl carbamates (subject to hydrolysis) is 2. The molecule has 3 unspecified atom stereocenters. The third-order valence-electron chi connectivity index (χ3n) is 4.30. The van der Waals surface area contributed by atoms with Crippen molar-refractivity contribution >= 4 is 12.2 Å². The fourth-order valence-corrected chi connectivity index (χ4v) is 3.24. The van der Waals surface area contributed by atoms with Crippen LogP contribution in [0.1, 0.15) is 30.7 Å². The molecule has 23 heavy (non-hydrogen) atoms. The summed E-state index contributed by atoms with van der Waals surface area (Å²) in [6.07, 6.45) is 1.80. The van der Waals surface area contributed by atoms with E-state index < -0.39 is 12.2 Å². The van der Waals surface area contributed by atoms with Crippen molar-refractivity contribution < 1.29 is 19.1 Å². The number of rotatable bonds is 4. The highest BCUT2D eigenvalue weighted by Crippen LogP contribution is 2.36. The normalized spacial score (nSPS) is 23.7. The third-order valence-corrected chi connectivity index (χ3v) is 4.30. The van der Waals surface area contributed by atoms with Crippen LogP contribution in [-0.4, -0.2) is 39.0 Å². The summed E-state index contributed by atoms with van der Waals surface area (Å²) in [6.45, 7) is 0.537. The fraction of sp³-hybridized carbons (Fsp3) is 0.529. The lowest BCUT2D eigenvalue weighted by Gasteiger charge is -2.35. The van der Waals surface area contributed by atoms with Crippen LogP contribution in [0.5, 0.6) is 0 Å². The first-order valence-electron chi connectivity index (χ1n) is 7.83. The second kappa shape index (κ2) is 8.41. The first-order valence-corrected chi connectivity index (χ1v) is 7.83. The number of carbonyl (C=O) groups excluding carboxylic acids is 2. The van der Waals surface area contributed by atoms with Gasteiger partial charge in [0, 0.05) is 12.6 Å². The molecular weight excluding hydrogens is 296 g/mol. The summed E-state index contributed by atoms with van der Waals surface area (Å²) in [5.41, 5.74) is 1.26. The average Bonchev–Trinajstić information content (AvgIpc) is 2.60. The molecule has 0 spiro atoms. The number of hydrogen-bond donors (Lipinski definition) is 2. The van der Waals surface area contributed by atoms with Gasteiger partial charge < -0.3 is 20.1 Å². The maximum atomic E-state index is 11.5. The first kappa shape index (κ1) is 17.1. The number of ether oxygens (including phenoxy) is 2. The maximum Gasteiger partial charge on any atom is 0.407 e. The zero-order valence-corrected chi connectivity index (χ0v) is 13.6. The molecule has 0 aromatic heterocycles. The van der Waals surface area contributed by atoms with Crippen LogP contribution in [0, 0.1) is 5.92 Å². The summed E-state index contributed by atoms with van der Waals surface area (Å²) < 4.78 is 9.33. The van der Waals surface area contributed by atoms with Crippen molar-refractivity contribution in [1.82, 2.24) is 10.6 Å². The van der Waals surface area contributed by atoms with Gasteiger partial charge in [0.05, 0.1) is 14.2 Å². The second-order valence-electron chi connectivity index (χ2n) is 5.89. The highest BCUT2D eigenvalue weighted by molar-refractivity contribution is 5.67. The van der Waals surface area contributed by atoms with E-state index in [1.807, 2.05) is 18.2 Å². The number of carbonyl (C=O) groups is 2. The van der Waals surface area contributed by atoms with Gasteiger partial charge >= 0.3 is 12.2 Å². The second-order valence-corrected chi connectivity index (χ2v) is 5.89. The maximum absolute atomic E-state index is 11.5. The molecule has 2 rings (SSSR count). The van der Waals surface area contributed by atoms with Gasteiger partial charge in [-0.05, 0) is 36.7 Å². The lowest BCUT2D eigenvalue weighted by atomic mass is 9.75. The highest BCUT2D eigenvalue weighted by atomic mass is 16.5. The molecule has 0 radical (unpaired) electrons. The van der Waals surface area contributed by atoms with Crippen molar-refractivity contribution in [3.63, 3.8) is 0 Å². The minimum Gasteiger partial charge on any atom is -0.453 e. The molecule has 0 bridgehead atoms. The highest BCUT2D eigenvalue weighted by Gasteiger charge is 2.31. The minimum atomic E-state index is -0.427. The SMILES string of the molecule is COC(=O)NCC1CC(NC(=O)OC)CC(c2ccccc2)C1. The van der Waals surface area contributed by atoms with E-state index in [0.717, 1.165) is 19.3 Å². The van der Waals surface area contributed by atoms with Crippen LogP contribution < -0.4 is 10.6 Å². The molecule has 6 heteroatoms. The van der Waals surface area contributed by atoms with Crippen LogP contribution in [0.2, 0.25) is 0 Å². The molecule has 2 N–H and O–H groups in total. The summed E-state index contributed by atoms with van der Waals surface area (Å²) in [4.78, 5) is 22.8. The molecule has 1 aliphatic carbocycles. The van der Waals surface area contributed by atoms with Gasteiger partial charge in [-0.2, -0.15) is 0 Å². The summed E-state index contributed by atoms with van der Waals surface area (Å²) in [5, 5.41) is 5.65. The third kappa shape index (κ3) is 5.16. The van der Waals surface area contributed by atoms with Gasteiger partial charge in [-0.3, -0.25) is 0 Å². The molecule has 126 valence electrons. The van der Waals surface area contributed by atoms with Gasteiger partial charge in [0.15, 0.2) is 0 Å². The standard InChI is InChI=1S/C17H24N2O4/c1-22-16(20)18-11-12-8-14(13-6-4-3-5-7-13)10-15(9-12)19-17(21)23-2/h3-7,12,14-15H,8-11H2,1-2H3,(H,18,20)(H,19,21). The Bertz CT molecular complexity index is 521. The van der Waals surface area contributed by atoms with E-state index in [4.69, 9.17) is 4.74 Å². The first-order chi connectivity index (χ1) is 11.1. The van der Waals surface area contributed by atoms with Crippen LogP contribution in [0.25, 0.3) is 0 Å². The quantitative estimate of drug-likeness (QED) is 0.894. The van der Waals surface area contributed by atoms with Crippen LogP contribution in [-0.2, 0) is 9.47 Å². The van der Waals surface area contributed by atoms with Crippen molar-refractivity contribution in [3.8, 4) is 0 Å². The molecule has 1 fully saturated rings. The molecule has 6 nitrogen and oxygen atoms in total. The Morgan fingerprint density at radius 3 is 2.39 bits per heavy atom. The van der Waals surface area contributed by atoms with E-state index in [1.165, 1.54) is 19.8 Å². The largest absolute Gasteiger partial charge is 0.453 e. The smallest absolute Gasteiger partial charge is 0.407 e. The van der Waals surface area contributed by atoms with Crippen molar-refractivity contribution in [2.75, 3.05) is 20.8 Å². The topological polar surface area (TPSA) is 76.7 Å². The monoisotopic (exact) mass is 320 g/mol. The predicted molar refractivity (Wildman–Crippen MR) is 86.3 cm³/mol. The summed E-state index contributed by atoms with van der Waals surface area (Å²) in [7, 11) is 2.72. The predicted octanol–water partition coefficient (Wildman–Crippen LogP) is 2.65. The van der Waals surface area contributed by atoms with Crippen molar-refractivity contribution in [1.29, 1.82) is 0 Å². The lowest BCUT2D eigenvalue weighted by Crippen LogP contribution is -2.43. The Morgan fingerprint density at radius 1 is 1.04 bits per heavy atom. The molecule has 1 aliphatic rings. The summed E-state index contributed by atoms with van der Waals surface area (Å²) in [5.74, 6) is 0.617. The molecule has 1 saturated carbocycles. The van der Waals surface area contributed by atoms with Crippen LogP contribution in [0.4, 0.5) is 9.59 Å². The van der Waals surface area contributed by atoms with E-state index in [1.54, 1.807) is 0 Å². The van der Waals surface area contributed by atoms with Gasteiger partial charge in [-0.15, -0.1) is 0 Å². The van der Waals surface area contributed by atoms with E-state index in [0.29, 0.717) is 12.5 Å². The van der Waals surface area contributed by atoms with Crippen molar-refractivity contribution in [2.24, 2.45) is 5.92 Å². The molecule has 1 aromatic carbocycles. The summed E-state index contributed by atoms with van der Waals surface area (Å²) >= 11 is 0. The molecule has 2 amide bonds. The summed E-state index contributed by atoms with van der Waals surface area (Å²) in [6, 6.07) is 10.3.